The Kier molecular flexibility index (Phi) is 5.21. The molecule has 15 heavy (non-hydrogen) atoms. The van der Waals surface area contributed by atoms with E-state index in [0.29, 0.717) is 0 Å². The first-order chi connectivity index (χ1) is 6.50. The van der Waals surface area contributed by atoms with Crippen molar-refractivity contribution >= 4 is 39.6 Å². The van der Waals surface area contributed by atoms with Crippen LogP contribution < -0.4 is 4.72 Å². The number of nitrogens with zero attached hydrogens (tertiary/aromatic N) is 1. The molecule has 1 N–H and O–H groups in total. The van der Waals surface area contributed by atoms with Crippen LogP contribution in [0, 0.1) is 15.9 Å². The van der Waals surface area contributed by atoms with E-state index in [9.17, 15) is 22.9 Å². The van der Waals surface area contributed by atoms with Gasteiger partial charge in [-0.25, -0.2) is 0 Å². The van der Waals surface area contributed by atoms with Gasteiger partial charge in [0.25, 0.3) is 0 Å². The van der Waals surface area contributed by atoms with Crippen molar-refractivity contribution in [1.29, 1.82) is 0 Å². The fourth-order valence-electron chi connectivity index (χ4n) is 0.812. The second-order valence-electron chi connectivity index (χ2n) is 2.26. The van der Waals surface area contributed by atoms with Crippen molar-refractivity contribution in [3.8, 4) is 0 Å². The maximum Gasteiger partial charge on any atom is 1.00 e. The molecule has 0 aliphatic heterocycles. The molecule has 0 fully saturated rings. The summed E-state index contributed by atoms with van der Waals surface area (Å²) in [6.45, 7) is 0. The molecule has 1 rings (SSSR count). The van der Waals surface area contributed by atoms with Gasteiger partial charge in [-0.05, 0) is 12.1 Å². The minimum atomic E-state index is -2.59. The van der Waals surface area contributed by atoms with Gasteiger partial charge < -0.3 is 13.1 Å². The van der Waals surface area contributed by atoms with Crippen molar-refractivity contribution < 1.29 is 17.7 Å². The molecule has 78 valence electrons. The van der Waals surface area contributed by atoms with Crippen molar-refractivity contribution in [2.24, 2.45) is 0 Å². The number of anilines is 1. The SMILES string of the molecule is O=[N+]([O-])c1cc(N[S-](=O)=O)ccc1F.[Al+]. The molecule has 0 spiro atoms. The summed E-state index contributed by atoms with van der Waals surface area (Å²) in [5.74, 6) is -1.02. The van der Waals surface area contributed by atoms with Gasteiger partial charge in [-0.15, -0.1) is 0 Å². The number of nitrogens with one attached hydrogen (secondary N) is 1. The second kappa shape index (κ2) is 5.65. The van der Waals surface area contributed by atoms with Gasteiger partial charge in [-0.3, -0.25) is 10.1 Å². The predicted molar refractivity (Wildman–Crippen MR) is 51.2 cm³/mol. The van der Waals surface area contributed by atoms with Gasteiger partial charge in [-0.2, -0.15) is 4.39 Å². The molecular formula is C6H4AlFN2O4S. The first-order valence-corrected chi connectivity index (χ1v) is 4.38. The summed E-state index contributed by atoms with van der Waals surface area (Å²) in [6, 6.07) is 2.69. The van der Waals surface area contributed by atoms with Gasteiger partial charge in [-0.1, -0.05) is 0 Å². The third kappa shape index (κ3) is 3.83. The average molecular weight is 246 g/mol. The molecule has 0 atom stereocenters. The number of nitro groups is 1. The first-order valence-electron chi connectivity index (χ1n) is 3.30. The summed E-state index contributed by atoms with van der Waals surface area (Å²) in [7, 11) is -2.59. The summed E-state index contributed by atoms with van der Waals surface area (Å²) in [5, 5.41) is 10.2. The number of rotatable bonds is 3. The molecule has 2 radical (unpaired) electrons. The van der Waals surface area contributed by atoms with Crippen LogP contribution in [0.4, 0.5) is 15.8 Å². The fraction of sp³-hybridized carbons (Fsp3) is 0. The molecule has 0 aromatic heterocycles. The normalized spacial score (nSPS) is 9.47. The maximum atomic E-state index is 12.7. The van der Waals surface area contributed by atoms with E-state index in [-0.39, 0.29) is 23.0 Å². The van der Waals surface area contributed by atoms with E-state index < -0.39 is 27.3 Å². The van der Waals surface area contributed by atoms with Gasteiger partial charge >= 0.3 is 23.0 Å². The second-order valence-corrected chi connectivity index (χ2v) is 2.93. The molecule has 0 heterocycles. The largest absolute Gasteiger partial charge is 1.00 e. The zero-order valence-electron chi connectivity index (χ0n) is 7.18. The van der Waals surface area contributed by atoms with E-state index in [1.165, 1.54) is 0 Å². The Labute approximate surface area is 96.5 Å². The molecule has 0 bridgehead atoms. The van der Waals surface area contributed by atoms with Gasteiger partial charge in [0.2, 0.25) is 5.82 Å². The maximum absolute atomic E-state index is 12.7. The molecule has 0 unspecified atom stereocenters. The van der Waals surface area contributed by atoms with E-state index in [1.54, 1.807) is 0 Å². The average Bonchev–Trinajstić information content (AvgIpc) is 2.07. The van der Waals surface area contributed by atoms with Crippen LogP contribution in [-0.2, 0) is 19.3 Å². The van der Waals surface area contributed by atoms with Crippen molar-refractivity contribution in [2.75, 3.05) is 4.72 Å². The molecule has 0 aliphatic carbocycles. The molecule has 1 aromatic rings. The number of benzene rings is 1. The van der Waals surface area contributed by atoms with Crippen LogP contribution in [-0.4, -0.2) is 22.3 Å². The monoisotopic (exact) mass is 246 g/mol. The zero-order chi connectivity index (χ0) is 10.7. The van der Waals surface area contributed by atoms with Crippen LogP contribution in [0.3, 0.4) is 0 Å². The predicted octanol–water partition coefficient (Wildman–Crippen LogP) is 0.989. The Morgan fingerprint density at radius 2 is 2.00 bits per heavy atom. The molecule has 0 saturated heterocycles. The quantitative estimate of drug-likeness (QED) is 0.372. The van der Waals surface area contributed by atoms with Crippen LogP contribution in [0.2, 0.25) is 0 Å². The number of hydrogen-bond acceptors (Lipinski definition) is 5. The van der Waals surface area contributed by atoms with E-state index in [2.05, 4.69) is 0 Å². The minimum absolute atomic E-state index is 0. The van der Waals surface area contributed by atoms with Gasteiger partial charge in [0.15, 0.2) is 0 Å². The molecule has 9 heteroatoms. The van der Waals surface area contributed by atoms with Crippen LogP contribution in [0.1, 0.15) is 0 Å². The van der Waals surface area contributed by atoms with E-state index in [4.69, 9.17) is 0 Å². The summed E-state index contributed by atoms with van der Waals surface area (Å²) >= 11 is 0. The van der Waals surface area contributed by atoms with Crippen molar-refractivity contribution in [3.05, 3.63) is 34.1 Å². The van der Waals surface area contributed by atoms with Crippen LogP contribution in [0.5, 0.6) is 0 Å². The fourth-order valence-corrected chi connectivity index (χ4v) is 1.13. The molecular weight excluding hydrogens is 242 g/mol. The molecule has 0 saturated carbocycles. The van der Waals surface area contributed by atoms with Gasteiger partial charge in [0, 0.05) is 22.6 Å². The van der Waals surface area contributed by atoms with E-state index >= 15 is 0 Å². The van der Waals surface area contributed by atoms with Crippen molar-refractivity contribution in [3.63, 3.8) is 0 Å². The molecule has 1 aromatic carbocycles. The first kappa shape index (κ1) is 13.8. The Morgan fingerprint density at radius 1 is 1.40 bits per heavy atom. The minimum Gasteiger partial charge on any atom is -0.420 e. The third-order valence-electron chi connectivity index (χ3n) is 1.34. The summed E-state index contributed by atoms with van der Waals surface area (Å²) < 4.78 is 34.9. The third-order valence-corrected chi connectivity index (χ3v) is 1.75. The Balaban J connectivity index is 0.00000196. The van der Waals surface area contributed by atoms with Crippen LogP contribution in [0.25, 0.3) is 0 Å². The van der Waals surface area contributed by atoms with E-state index in [0.717, 1.165) is 18.2 Å². The Morgan fingerprint density at radius 3 is 2.47 bits per heavy atom. The van der Waals surface area contributed by atoms with Gasteiger partial charge in [0.1, 0.15) is 0 Å². The number of halogens is 1. The Hall–Kier alpha value is -1.17. The zero-order valence-corrected chi connectivity index (χ0v) is 9.15. The van der Waals surface area contributed by atoms with Crippen LogP contribution in [0.15, 0.2) is 18.2 Å². The molecule has 0 aliphatic rings. The van der Waals surface area contributed by atoms with E-state index in [1.807, 2.05) is 4.72 Å². The van der Waals surface area contributed by atoms with Crippen molar-refractivity contribution in [1.82, 2.24) is 0 Å². The summed E-state index contributed by atoms with van der Waals surface area (Å²) in [6.07, 6.45) is 0. The number of nitro benzene ring substituents is 1. The smallest absolute Gasteiger partial charge is 0.420 e. The molecule has 6 nitrogen and oxygen atoms in total. The topological polar surface area (TPSA) is 89.3 Å². The summed E-state index contributed by atoms with van der Waals surface area (Å²) in [4.78, 5) is 9.31. The van der Waals surface area contributed by atoms with Crippen molar-refractivity contribution in [2.45, 2.75) is 0 Å². The van der Waals surface area contributed by atoms with Gasteiger partial charge in [0.05, 0.1) is 4.92 Å². The molecule has 0 amide bonds. The summed E-state index contributed by atoms with van der Waals surface area (Å²) in [5.41, 5.74) is -0.841. The van der Waals surface area contributed by atoms with Crippen LogP contribution >= 0.6 is 0 Å². The standard InChI is InChI=1S/C6H4FN2O4S.Al/c7-5-2-1-4(8-14(12)13)3-6(5)9(10)11;/h1-3H,(H,8,12,13);/q-1;+1. The Bertz CT molecular complexity index is 443. The number of hydrogen-bond donors (Lipinski definition) is 1.